The number of aliphatic hydroxyl groups excluding tert-OH is 1. The maximum atomic E-state index is 9.56. The van der Waals surface area contributed by atoms with Crippen molar-refractivity contribution in [3.8, 4) is 0 Å². The molecule has 0 aliphatic heterocycles. The van der Waals surface area contributed by atoms with E-state index in [2.05, 4.69) is 20.8 Å². The molecule has 1 fully saturated rings. The summed E-state index contributed by atoms with van der Waals surface area (Å²) in [4.78, 5) is 0. The molecule has 64 valence electrons. The second kappa shape index (κ2) is 3.40. The van der Waals surface area contributed by atoms with Crippen LogP contribution in [0.3, 0.4) is 0 Å². The maximum Gasteiger partial charge on any atom is 0.0603 e. The first-order valence-corrected chi connectivity index (χ1v) is 4.44. The summed E-state index contributed by atoms with van der Waals surface area (Å²) in [5.74, 6) is 0.498. The van der Waals surface area contributed by atoms with Crippen molar-refractivity contribution in [2.75, 3.05) is 0 Å². The van der Waals surface area contributed by atoms with Crippen LogP contribution in [0.15, 0.2) is 11.1 Å². The number of hydrogen-bond donors (Lipinski definition) is 1. The summed E-state index contributed by atoms with van der Waals surface area (Å²) in [6, 6.07) is 0. The maximum absolute atomic E-state index is 9.56. The van der Waals surface area contributed by atoms with E-state index in [1.54, 1.807) is 0 Å². The number of hydrogen-bond acceptors (Lipinski definition) is 1. The Morgan fingerprint density at radius 3 is 2.55 bits per heavy atom. The van der Waals surface area contributed by atoms with Crippen molar-refractivity contribution in [3.05, 3.63) is 11.1 Å². The first-order chi connectivity index (χ1) is 5.11. The third-order valence-electron chi connectivity index (χ3n) is 2.72. The Morgan fingerprint density at radius 2 is 2.09 bits per heavy atom. The Balaban J connectivity index is 2.60. The van der Waals surface area contributed by atoms with Crippen molar-refractivity contribution >= 4 is 0 Å². The molecule has 0 radical (unpaired) electrons. The van der Waals surface area contributed by atoms with Gasteiger partial charge in [0.1, 0.15) is 0 Å². The summed E-state index contributed by atoms with van der Waals surface area (Å²) in [6.45, 7) is 6.41. The van der Waals surface area contributed by atoms with E-state index in [0.717, 1.165) is 12.8 Å². The molecule has 1 saturated carbocycles. The van der Waals surface area contributed by atoms with Gasteiger partial charge in [-0.05, 0) is 39.0 Å². The summed E-state index contributed by atoms with van der Waals surface area (Å²) < 4.78 is 0. The monoisotopic (exact) mass is 154 g/mol. The van der Waals surface area contributed by atoms with Gasteiger partial charge in [-0.25, -0.2) is 0 Å². The van der Waals surface area contributed by atoms with Crippen molar-refractivity contribution in [3.63, 3.8) is 0 Å². The number of aliphatic hydroxyl groups is 1. The highest BCUT2D eigenvalue weighted by atomic mass is 16.3. The zero-order valence-electron chi connectivity index (χ0n) is 7.72. The molecule has 1 aliphatic rings. The summed E-state index contributed by atoms with van der Waals surface area (Å²) in [6.07, 6.45) is 3.17. The van der Waals surface area contributed by atoms with Crippen LogP contribution in [0.4, 0.5) is 0 Å². The second-order valence-electron chi connectivity index (χ2n) is 3.89. The van der Waals surface area contributed by atoms with Crippen LogP contribution in [0.25, 0.3) is 0 Å². The molecular formula is C10H18O. The van der Waals surface area contributed by atoms with Crippen LogP contribution in [-0.4, -0.2) is 11.2 Å². The second-order valence-corrected chi connectivity index (χ2v) is 3.89. The third kappa shape index (κ3) is 2.06. The molecule has 0 amide bonds. The van der Waals surface area contributed by atoms with Crippen LogP contribution in [0.1, 0.15) is 40.0 Å². The molecule has 0 aromatic carbocycles. The zero-order chi connectivity index (χ0) is 8.43. The molecule has 1 rings (SSSR count). The van der Waals surface area contributed by atoms with Gasteiger partial charge in [-0.2, -0.15) is 0 Å². The fraction of sp³-hybridized carbons (Fsp3) is 0.800. The quantitative estimate of drug-likeness (QED) is 0.531. The molecule has 0 unspecified atom stereocenters. The minimum absolute atomic E-state index is 0.0892. The summed E-state index contributed by atoms with van der Waals surface area (Å²) in [7, 11) is 0. The Hall–Kier alpha value is -0.300. The molecule has 0 heterocycles. The van der Waals surface area contributed by atoms with Gasteiger partial charge in [-0.1, -0.05) is 18.1 Å². The average Bonchev–Trinajstić information content (AvgIpc) is 1.94. The average molecular weight is 154 g/mol. The lowest BCUT2D eigenvalue weighted by atomic mass is 9.83. The Kier molecular flexibility index (Phi) is 2.72. The van der Waals surface area contributed by atoms with Crippen LogP contribution in [-0.2, 0) is 0 Å². The molecule has 11 heavy (non-hydrogen) atoms. The number of allylic oxidation sites excluding steroid dienone is 1. The minimum Gasteiger partial charge on any atom is -0.393 e. The number of rotatable bonds is 0. The molecule has 1 nitrogen and oxygen atoms in total. The van der Waals surface area contributed by atoms with Crippen molar-refractivity contribution in [1.29, 1.82) is 0 Å². The van der Waals surface area contributed by atoms with Gasteiger partial charge in [-0.15, -0.1) is 0 Å². The SMILES string of the molecule is CC(C)=C1CC[C@H](C)[C@H](O)C1. The molecule has 0 bridgehead atoms. The topological polar surface area (TPSA) is 20.2 Å². The summed E-state index contributed by atoms with van der Waals surface area (Å²) in [5, 5.41) is 9.56. The predicted octanol–water partition coefficient (Wildman–Crippen LogP) is 2.50. The van der Waals surface area contributed by atoms with Crippen molar-refractivity contribution in [2.45, 2.75) is 46.1 Å². The van der Waals surface area contributed by atoms with E-state index in [9.17, 15) is 5.11 Å². The van der Waals surface area contributed by atoms with Gasteiger partial charge < -0.3 is 5.11 Å². The van der Waals surface area contributed by atoms with E-state index < -0.39 is 0 Å². The van der Waals surface area contributed by atoms with Gasteiger partial charge in [0.15, 0.2) is 0 Å². The highest BCUT2D eigenvalue weighted by Crippen LogP contribution is 2.29. The van der Waals surface area contributed by atoms with E-state index in [1.165, 1.54) is 17.6 Å². The lowest BCUT2D eigenvalue weighted by molar-refractivity contribution is 0.0974. The van der Waals surface area contributed by atoms with Crippen molar-refractivity contribution in [2.24, 2.45) is 5.92 Å². The normalized spacial score (nSPS) is 32.2. The third-order valence-corrected chi connectivity index (χ3v) is 2.72. The molecule has 1 aliphatic carbocycles. The fourth-order valence-electron chi connectivity index (χ4n) is 1.60. The van der Waals surface area contributed by atoms with Gasteiger partial charge >= 0.3 is 0 Å². The first kappa shape index (κ1) is 8.79. The first-order valence-electron chi connectivity index (χ1n) is 4.44. The minimum atomic E-state index is -0.0892. The predicted molar refractivity (Wildman–Crippen MR) is 47.4 cm³/mol. The Labute approximate surface area is 69.1 Å². The highest BCUT2D eigenvalue weighted by Gasteiger charge is 2.21. The van der Waals surface area contributed by atoms with Crippen LogP contribution in [0.2, 0.25) is 0 Å². The molecule has 2 atom stereocenters. The Bertz CT molecular complexity index is 166. The van der Waals surface area contributed by atoms with E-state index in [1.807, 2.05) is 0 Å². The lowest BCUT2D eigenvalue weighted by Crippen LogP contribution is -2.23. The van der Waals surface area contributed by atoms with Gasteiger partial charge in [0, 0.05) is 0 Å². The molecule has 1 N–H and O–H groups in total. The Morgan fingerprint density at radius 1 is 1.45 bits per heavy atom. The molecule has 0 aromatic rings. The molecule has 0 spiro atoms. The smallest absolute Gasteiger partial charge is 0.0603 e. The van der Waals surface area contributed by atoms with Crippen LogP contribution in [0, 0.1) is 5.92 Å². The lowest BCUT2D eigenvalue weighted by Gasteiger charge is -2.27. The summed E-state index contributed by atoms with van der Waals surface area (Å²) >= 11 is 0. The van der Waals surface area contributed by atoms with E-state index in [-0.39, 0.29) is 6.10 Å². The van der Waals surface area contributed by atoms with Crippen LogP contribution in [0.5, 0.6) is 0 Å². The van der Waals surface area contributed by atoms with Crippen LogP contribution >= 0.6 is 0 Å². The largest absolute Gasteiger partial charge is 0.393 e. The van der Waals surface area contributed by atoms with Gasteiger partial charge in [-0.3, -0.25) is 0 Å². The van der Waals surface area contributed by atoms with Gasteiger partial charge in [0.25, 0.3) is 0 Å². The molecule has 0 aromatic heterocycles. The highest BCUT2D eigenvalue weighted by molar-refractivity contribution is 5.13. The van der Waals surface area contributed by atoms with Crippen LogP contribution < -0.4 is 0 Å². The van der Waals surface area contributed by atoms with Crippen molar-refractivity contribution in [1.82, 2.24) is 0 Å². The van der Waals surface area contributed by atoms with E-state index >= 15 is 0 Å². The van der Waals surface area contributed by atoms with E-state index in [0.29, 0.717) is 5.92 Å². The standard InChI is InChI=1S/C10H18O/c1-7(2)9-5-4-8(3)10(11)6-9/h8,10-11H,4-6H2,1-3H3/t8-,10+/m0/s1. The van der Waals surface area contributed by atoms with Gasteiger partial charge in [0.05, 0.1) is 6.10 Å². The van der Waals surface area contributed by atoms with Gasteiger partial charge in [0.2, 0.25) is 0 Å². The summed E-state index contributed by atoms with van der Waals surface area (Å²) in [5.41, 5.74) is 2.87. The molecule has 0 saturated heterocycles. The molecular weight excluding hydrogens is 136 g/mol. The van der Waals surface area contributed by atoms with Crippen molar-refractivity contribution < 1.29 is 5.11 Å². The fourth-order valence-corrected chi connectivity index (χ4v) is 1.60. The van der Waals surface area contributed by atoms with E-state index in [4.69, 9.17) is 0 Å². The molecule has 1 heteroatoms. The zero-order valence-corrected chi connectivity index (χ0v) is 7.72.